The topological polar surface area (TPSA) is 20.3 Å². The van der Waals surface area contributed by atoms with Crippen LogP contribution in [0.1, 0.15) is 33.1 Å². The molecule has 70 valence electrons. The fraction of sp³-hybridized carbons (Fsp3) is 0.700. The van der Waals surface area contributed by atoms with Crippen molar-refractivity contribution in [3.63, 3.8) is 0 Å². The third kappa shape index (κ3) is 3.56. The average Bonchev–Trinajstić information content (AvgIpc) is 2.21. The van der Waals surface area contributed by atoms with Crippen LogP contribution in [0.2, 0.25) is 0 Å². The van der Waals surface area contributed by atoms with Crippen molar-refractivity contribution in [2.24, 2.45) is 0 Å². The maximum absolute atomic E-state index is 11.0. The van der Waals surface area contributed by atoms with Gasteiger partial charge in [0.2, 0.25) is 5.91 Å². The SMILES string of the molecule is C=CC(=O)N1CCCCC1.CC. The maximum atomic E-state index is 11.0. The van der Waals surface area contributed by atoms with Crippen molar-refractivity contribution < 1.29 is 4.79 Å². The molecule has 0 aromatic carbocycles. The highest BCUT2D eigenvalue weighted by Crippen LogP contribution is 2.08. The van der Waals surface area contributed by atoms with Crippen LogP contribution >= 0.6 is 0 Å². The predicted molar refractivity (Wildman–Crippen MR) is 52.0 cm³/mol. The Labute approximate surface area is 75.3 Å². The number of piperidine rings is 1. The molecule has 2 nitrogen and oxygen atoms in total. The highest BCUT2D eigenvalue weighted by atomic mass is 16.2. The zero-order valence-corrected chi connectivity index (χ0v) is 8.18. The molecular weight excluding hydrogens is 150 g/mol. The molecule has 1 fully saturated rings. The summed E-state index contributed by atoms with van der Waals surface area (Å²) in [6.07, 6.45) is 4.96. The molecule has 0 saturated carbocycles. The molecule has 0 aliphatic carbocycles. The van der Waals surface area contributed by atoms with Crippen molar-refractivity contribution in [2.45, 2.75) is 33.1 Å². The third-order valence-electron chi connectivity index (χ3n) is 1.84. The highest BCUT2D eigenvalue weighted by molar-refractivity contribution is 5.86. The molecule has 1 saturated heterocycles. The van der Waals surface area contributed by atoms with Crippen molar-refractivity contribution in [3.05, 3.63) is 12.7 Å². The molecule has 12 heavy (non-hydrogen) atoms. The number of amides is 1. The average molecular weight is 169 g/mol. The van der Waals surface area contributed by atoms with Crippen LogP contribution in [-0.2, 0) is 4.79 Å². The van der Waals surface area contributed by atoms with Gasteiger partial charge in [0.25, 0.3) is 0 Å². The van der Waals surface area contributed by atoms with Crippen molar-refractivity contribution in [3.8, 4) is 0 Å². The summed E-state index contributed by atoms with van der Waals surface area (Å²) < 4.78 is 0. The van der Waals surface area contributed by atoms with Crippen molar-refractivity contribution in [1.82, 2.24) is 4.90 Å². The largest absolute Gasteiger partial charge is 0.339 e. The molecule has 1 aliphatic rings. The molecule has 0 N–H and O–H groups in total. The second-order valence-electron chi connectivity index (χ2n) is 2.59. The molecule has 0 radical (unpaired) electrons. The lowest BCUT2D eigenvalue weighted by Crippen LogP contribution is -2.34. The minimum Gasteiger partial charge on any atom is -0.339 e. The van der Waals surface area contributed by atoms with E-state index >= 15 is 0 Å². The van der Waals surface area contributed by atoms with Gasteiger partial charge >= 0.3 is 0 Å². The molecule has 1 amide bonds. The second kappa shape index (κ2) is 6.89. The first kappa shape index (κ1) is 11.2. The lowest BCUT2D eigenvalue weighted by atomic mass is 10.1. The van der Waals surface area contributed by atoms with Crippen molar-refractivity contribution in [2.75, 3.05) is 13.1 Å². The van der Waals surface area contributed by atoms with Crippen LogP contribution < -0.4 is 0 Å². The van der Waals surface area contributed by atoms with Gasteiger partial charge < -0.3 is 4.90 Å². The van der Waals surface area contributed by atoms with E-state index in [0.29, 0.717) is 0 Å². The summed E-state index contributed by atoms with van der Waals surface area (Å²) in [4.78, 5) is 12.8. The highest BCUT2D eigenvalue weighted by Gasteiger charge is 2.12. The molecule has 1 aliphatic heterocycles. The Morgan fingerprint density at radius 2 is 1.75 bits per heavy atom. The molecule has 1 rings (SSSR count). The molecular formula is C10H19NO. The fourth-order valence-corrected chi connectivity index (χ4v) is 1.24. The van der Waals surface area contributed by atoms with E-state index in [1.807, 2.05) is 18.7 Å². The summed E-state index contributed by atoms with van der Waals surface area (Å²) in [6, 6.07) is 0. The smallest absolute Gasteiger partial charge is 0.245 e. The standard InChI is InChI=1S/C8H13NO.C2H6/c1-2-8(10)9-6-4-3-5-7-9;1-2/h2H,1,3-7H2;1-2H3. The van der Waals surface area contributed by atoms with Gasteiger partial charge in [-0.15, -0.1) is 0 Å². The summed E-state index contributed by atoms with van der Waals surface area (Å²) >= 11 is 0. The Kier molecular flexibility index (Phi) is 6.44. The van der Waals surface area contributed by atoms with E-state index in [-0.39, 0.29) is 5.91 Å². The Balaban J connectivity index is 0.000000561. The third-order valence-corrected chi connectivity index (χ3v) is 1.84. The van der Waals surface area contributed by atoms with Crippen LogP contribution in [0, 0.1) is 0 Å². The Morgan fingerprint density at radius 3 is 2.17 bits per heavy atom. The van der Waals surface area contributed by atoms with E-state index in [4.69, 9.17) is 0 Å². The van der Waals surface area contributed by atoms with Gasteiger partial charge in [0.05, 0.1) is 0 Å². The van der Waals surface area contributed by atoms with Crippen LogP contribution in [0.25, 0.3) is 0 Å². The lowest BCUT2D eigenvalue weighted by molar-refractivity contribution is -0.126. The van der Waals surface area contributed by atoms with Gasteiger partial charge in [0, 0.05) is 13.1 Å². The van der Waals surface area contributed by atoms with Gasteiger partial charge in [0.15, 0.2) is 0 Å². The van der Waals surface area contributed by atoms with Gasteiger partial charge in [-0.25, -0.2) is 0 Å². The minimum atomic E-state index is 0.0831. The van der Waals surface area contributed by atoms with E-state index in [1.165, 1.54) is 12.5 Å². The van der Waals surface area contributed by atoms with Gasteiger partial charge in [-0.3, -0.25) is 4.79 Å². The van der Waals surface area contributed by atoms with Gasteiger partial charge in [-0.05, 0) is 25.3 Å². The maximum Gasteiger partial charge on any atom is 0.245 e. The van der Waals surface area contributed by atoms with E-state index in [2.05, 4.69) is 6.58 Å². The first-order valence-electron chi connectivity index (χ1n) is 4.76. The van der Waals surface area contributed by atoms with Gasteiger partial charge in [-0.1, -0.05) is 20.4 Å². The van der Waals surface area contributed by atoms with Crippen molar-refractivity contribution in [1.29, 1.82) is 0 Å². The molecule has 0 bridgehead atoms. The Hall–Kier alpha value is -0.790. The van der Waals surface area contributed by atoms with E-state index in [0.717, 1.165) is 25.9 Å². The van der Waals surface area contributed by atoms with Crippen LogP contribution in [0.3, 0.4) is 0 Å². The van der Waals surface area contributed by atoms with E-state index < -0.39 is 0 Å². The predicted octanol–water partition coefficient (Wildman–Crippen LogP) is 2.21. The summed E-state index contributed by atoms with van der Waals surface area (Å²) in [5.74, 6) is 0.0831. The molecule has 0 spiro atoms. The molecule has 2 heteroatoms. The summed E-state index contributed by atoms with van der Waals surface area (Å²) in [6.45, 7) is 9.29. The van der Waals surface area contributed by atoms with Crippen LogP contribution in [0.4, 0.5) is 0 Å². The van der Waals surface area contributed by atoms with Gasteiger partial charge in [-0.2, -0.15) is 0 Å². The first-order valence-corrected chi connectivity index (χ1v) is 4.76. The molecule has 1 heterocycles. The minimum absolute atomic E-state index is 0.0831. The van der Waals surface area contributed by atoms with E-state index in [9.17, 15) is 4.79 Å². The zero-order chi connectivity index (χ0) is 9.40. The lowest BCUT2D eigenvalue weighted by Gasteiger charge is -2.25. The second-order valence-corrected chi connectivity index (χ2v) is 2.59. The summed E-state index contributed by atoms with van der Waals surface area (Å²) in [7, 11) is 0. The van der Waals surface area contributed by atoms with Gasteiger partial charge in [0.1, 0.15) is 0 Å². The number of hydrogen-bond donors (Lipinski definition) is 0. The molecule has 0 unspecified atom stereocenters. The number of hydrogen-bond acceptors (Lipinski definition) is 1. The van der Waals surface area contributed by atoms with Crippen molar-refractivity contribution >= 4 is 5.91 Å². The fourth-order valence-electron chi connectivity index (χ4n) is 1.24. The molecule has 0 atom stereocenters. The van der Waals surface area contributed by atoms with Crippen LogP contribution in [0.5, 0.6) is 0 Å². The van der Waals surface area contributed by atoms with Crippen LogP contribution in [0.15, 0.2) is 12.7 Å². The quantitative estimate of drug-likeness (QED) is 0.551. The first-order chi connectivity index (χ1) is 5.84. The van der Waals surface area contributed by atoms with Crippen LogP contribution in [-0.4, -0.2) is 23.9 Å². The number of rotatable bonds is 1. The monoisotopic (exact) mass is 169 g/mol. The molecule has 0 aromatic heterocycles. The Morgan fingerprint density at radius 1 is 1.25 bits per heavy atom. The normalized spacial score (nSPS) is 16.0. The summed E-state index contributed by atoms with van der Waals surface area (Å²) in [5.41, 5.74) is 0. The summed E-state index contributed by atoms with van der Waals surface area (Å²) in [5, 5.41) is 0. The Bertz CT molecular complexity index is 137. The van der Waals surface area contributed by atoms with E-state index in [1.54, 1.807) is 0 Å². The number of likely N-dealkylation sites (tertiary alicyclic amines) is 1. The molecule has 0 aromatic rings. The number of nitrogens with zero attached hydrogens (tertiary/aromatic N) is 1. The number of carbonyl (C=O) groups excluding carboxylic acids is 1. The number of carbonyl (C=O) groups is 1. The zero-order valence-electron chi connectivity index (χ0n) is 8.18.